The van der Waals surface area contributed by atoms with Crippen LogP contribution < -0.4 is 5.32 Å². The summed E-state index contributed by atoms with van der Waals surface area (Å²) in [4.78, 5) is 14.3. The van der Waals surface area contributed by atoms with Crippen LogP contribution in [0.25, 0.3) is 0 Å². The highest BCUT2D eigenvalue weighted by molar-refractivity contribution is 5.80. The molecule has 1 atom stereocenters. The van der Waals surface area contributed by atoms with Gasteiger partial charge in [-0.05, 0) is 40.0 Å². The van der Waals surface area contributed by atoms with Crippen LogP contribution in [0.1, 0.15) is 40.0 Å². The molecular weight excluding hydrogens is 240 g/mol. The average molecular weight is 268 g/mol. The van der Waals surface area contributed by atoms with Crippen LogP contribution in [0.15, 0.2) is 12.7 Å². The van der Waals surface area contributed by atoms with Gasteiger partial charge in [0.25, 0.3) is 0 Å². The summed E-state index contributed by atoms with van der Waals surface area (Å²) in [6.07, 6.45) is 4.79. The summed E-state index contributed by atoms with van der Waals surface area (Å²) in [5, 5.41) is 2.95. The largest absolute Gasteiger partial charge is 0.368 e. The van der Waals surface area contributed by atoms with Crippen molar-refractivity contribution in [1.82, 2.24) is 10.2 Å². The fourth-order valence-corrected chi connectivity index (χ4v) is 2.12. The lowest BCUT2D eigenvalue weighted by Gasteiger charge is -2.26. The molecule has 1 aliphatic rings. The van der Waals surface area contributed by atoms with E-state index in [1.54, 1.807) is 13.0 Å². The zero-order chi connectivity index (χ0) is 14.3. The van der Waals surface area contributed by atoms with Gasteiger partial charge in [-0.15, -0.1) is 6.58 Å². The Morgan fingerprint density at radius 1 is 1.47 bits per heavy atom. The van der Waals surface area contributed by atoms with Gasteiger partial charge in [-0.1, -0.05) is 6.08 Å². The number of carbonyl (C=O) groups is 1. The molecule has 1 rings (SSSR count). The maximum atomic E-state index is 11.8. The smallest absolute Gasteiger partial charge is 0.248 e. The topological polar surface area (TPSA) is 41.6 Å². The lowest BCUT2D eigenvalue weighted by atomic mass is 10.3. The van der Waals surface area contributed by atoms with Crippen LogP contribution in [-0.2, 0) is 9.53 Å². The molecule has 0 aromatic heterocycles. The van der Waals surface area contributed by atoms with Crippen molar-refractivity contribution >= 4 is 5.91 Å². The Bertz CT molecular complexity index is 286. The molecule has 19 heavy (non-hydrogen) atoms. The second kappa shape index (κ2) is 8.33. The van der Waals surface area contributed by atoms with Gasteiger partial charge in [0.1, 0.15) is 6.10 Å². The Morgan fingerprint density at radius 3 is 2.68 bits per heavy atom. The molecule has 1 fully saturated rings. The van der Waals surface area contributed by atoms with E-state index in [-0.39, 0.29) is 12.0 Å². The van der Waals surface area contributed by atoms with Gasteiger partial charge in [0.05, 0.1) is 6.61 Å². The van der Waals surface area contributed by atoms with E-state index in [9.17, 15) is 4.79 Å². The third-order valence-electron chi connectivity index (χ3n) is 3.41. The van der Waals surface area contributed by atoms with Crippen molar-refractivity contribution in [3.8, 4) is 0 Å². The van der Waals surface area contributed by atoms with Crippen molar-refractivity contribution in [3.63, 3.8) is 0 Å². The number of ether oxygens (including phenoxy) is 1. The average Bonchev–Trinajstić information content (AvgIpc) is 3.18. The summed E-state index contributed by atoms with van der Waals surface area (Å²) < 4.78 is 5.41. The SMILES string of the molecule is C=CCCOC(C)C(=O)NCCN(C(C)C)C1CC1. The second-order valence-corrected chi connectivity index (χ2v) is 5.44. The Labute approximate surface area is 117 Å². The van der Waals surface area contributed by atoms with Gasteiger partial charge in [-0.2, -0.15) is 0 Å². The Morgan fingerprint density at radius 2 is 2.16 bits per heavy atom. The molecule has 0 spiro atoms. The van der Waals surface area contributed by atoms with E-state index in [1.807, 2.05) is 0 Å². The third-order valence-corrected chi connectivity index (χ3v) is 3.41. The van der Waals surface area contributed by atoms with E-state index >= 15 is 0 Å². The predicted molar refractivity (Wildman–Crippen MR) is 78.1 cm³/mol. The molecule has 1 aliphatic carbocycles. The van der Waals surface area contributed by atoms with Crippen LogP contribution in [0, 0.1) is 0 Å². The van der Waals surface area contributed by atoms with Gasteiger partial charge in [-0.3, -0.25) is 9.69 Å². The lowest BCUT2D eigenvalue weighted by Crippen LogP contribution is -2.42. The quantitative estimate of drug-likeness (QED) is 0.486. The van der Waals surface area contributed by atoms with E-state index in [2.05, 4.69) is 30.6 Å². The molecule has 0 aliphatic heterocycles. The number of rotatable bonds is 10. The molecule has 0 heterocycles. The zero-order valence-electron chi connectivity index (χ0n) is 12.5. The minimum atomic E-state index is -0.381. The molecule has 1 N–H and O–H groups in total. The highest BCUT2D eigenvalue weighted by Crippen LogP contribution is 2.27. The number of carbonyl (C=O) groups excluding carboxylic acids is 1. The first-order valence-electron chi connectivity index (χ1n) is 7.32. The second-order valence-electron chi connectivity index (χ2n) is 5.44. The first kappa shape index (κ1) is 16.2. The number of hydrogen-bond donors (Lipinski definition) is 1. The summed E-state index contributed by atoms with van der Waals surface area (Å²) in [5.74, 6) is -0.0245. The molecule has 0 radical (unpaired) electrons. The molecular formula is C15H28N2O2. The van der Waals surface area contributed by atoms with Gasteiger partial charge in [0.15, 0.2) is 0 Å². The van der Waals surface area contributed by atoms with Crippen molar-refractivity contribution in [2.75, 3.05) is 19.7 Å². The molecule has 1 unspecified atom stereocenters. The normalized spacial score (nSPS) is 16.7. The first-order chi connectivity index (χ1) is 9.06. The number of hydrogen-bond acceptors (Lipinski definition) is 3. The first-order valence-corrected chi connectivity index (χ1v) is 7.32. The third kappa shape index (κ3) is 6.21. The number of nitrogens with one attached hydrogen (secondary N) is 1. The molecule has 0 saturated heterocycles. The van der Waals surface area contributed by atoms with Crippen molar-refractivity contribution in [2.45, 2.75) is 58.2 Å². The van der Waals surface area contributed by atoms with E-state index in [0.717, 1.165) is 19.0 Å². The Kier molecular flexibility index (Phi) is 7.10. The van der Waals surface area contributed by atoms with Gasteiger partial charge in [0.2, 0.25) is 5.91 Å². The molecule has 1 amide bonds. The minimum Gasteiger partial charge on any atom is -0.368 e. The summed E-state index contributed by atoms with van der Waals surface area (Å²) in [6.45, 7) is 12.0. The van der Waals surface area contributed by atoms with E-state index < -0.39 is 0 Å². The van der Waals surface area contributed by atoms with Crippen molar-refractivity contribution in [3.05, 3.63) is 12.7 Å². The van der Waals surface area contributed by atoms with Gasteiger partial charge in [-0.25, -0.2) is 0 Å². The standard InChI is InChI=1S/C15H28N2O2/c1-5-6-11-19-13(4)15(18)16-9-10-17(12(2)3)14-7-8-14/h5,12-14H,1,6-11H2,2-4H3,(H,16,18). The number of amides is 1. The monoisotopic (exact) mass is 268 g/mol. The highest BCUT2D eigenvalue weighted by atomic mass is 16.5. The molecule has 1 saturated carbocycles. The minimum absolute atomic E-state index is 0.0245. The van der Waals surface area contributed by atoms with E-state index in [1.165, 1.54) is 12.8 Å². The molecule has 4 nitrogen and oxygen atoms in total. The van der Waals surface area contributed by atoms with Crippen LogP contribution in [0.5, 0.6) is 0 Å². The maximum absolute atomic E-state index is 11.8. The van der Waals surface area contributed by atoms with Gasteiger partial charge in [0, 0.05) is 25.2 Å². The summed E-state index contributed by atoms with van der Waals surface area (Å²) in [5.41, 5.74) is 0. The van der Waals surface area contributed by atoms with E-state index in [0.29, 0.717) is 19.2 Å². The molecule has 0 aromatic carbocycles. The highest BCUT2D eigenvalue weighted by Gasteiger charge is 2.30. The van der Waals surface area contributed by atoms with Crippen molar-refractivity contribution in [1.29, 1.82) is 0 Å². The van der Waals surface area contributed by atoms with Gasteiger partial charge < -0.3 is 10.1 Å². The molecule has 110 valence electrons. The summed E-state index contributed by atoms with van der Waals surface area (Å²) in [6, 6.07) is 1.28. The molecule has 4 heteroatoms. The van der Waals surface area contributed by atoms with Crippen LogP contribution in [0.3, 0.4) is 0 Å². The number of nitrogens with zero attached hydrogens (tertiary/aromatic N) is 1. The van der Waals surface area contributed by atoms with E-state index in [4.69, 9.17) is 4.74 Å². The lowest BCUT2D eigenvalue weighted by molar-refractivity contribution is -0.131. The van der Waals surface area contributed by atoms with Crippen LogP contribution in [-0.4, -0.2) is 48.7 Å². The molecule has 0 bridgehead atoms. The predicted octanol–water partition coefficient (Wildman–Crippen LogP) is 1.96. The summed E-state index contributed by atoms with van der Waals surface area (Å²) >= 11 is 0. The Hall–Kier alpha value is -0.870. The maximum Gasteiger partial charge on any atom is 0.248 e. The fraction of sp³-hybridized carbons (Fsp3) is 0.800. The van der Waals surface area contributed by atoms with Crippen LogP contribution in [0.4, 0.5) is 0 Å². The fourth-order valence-electron chi connectivity index (χ4n) is 2.12. The van der Waals surface area contributed by atoms with Crippen molar-refractivity contribution < 1.29 is 9.53 Å². The molecule has 0 aromatic rings. The van der Waals surface area contributed by atoms with Crippen LogP contribution in [0.2, 0.25) is 0 Å². The van der Waals surface area contributed by atoms with Crippen LogP contribution >= 0.6 is 0 Å². The van der Waals surface area contributed by atoms with Crippen molar-refractivity contribution in [2.24, 2.45) is 0 Å². The Balaban J connectivity index is 2.16. The summed E-state index contributed by atoms with van der Waals surface area (Å²) in [7, 11) is 0. The zero-order valence-corrected chi connectivity index (χ0v) is 12.5. The van der Waals surface area contributed by atoms with Gasteiger partial charge >= 0.3 is 0 Å².